The van der Waals surface area contributed by atoms with E-state index >= 15 is 0 Å². The van der Waals surface area contributed by atoms with Crippen LogP contribution >= 0.6 is 0 Å². The lowest BCUT2D eigenvalue weighted by Gasteiger charge is -2.28. The Morgan fingerprint density at radius 2 is 1.74 bits per heavy atom. The Morgan fingerprint density at radius 3 is 2.39 bits per heavy atom. The summed E-state index contributed by atoms with van der Waals surface area (Å²) in [5, 5.41) is 13.7. The summed E-state index contributed by atoms with van der Waals surface area (Å²) < 4.78 is 43.4. The number of rotatable bonds is 6. The summed E-state index contributed by atoms with van der Waals surface area (Å²) in [6, 6.07) is 22.3. The zero-order valence-electron chi connectivity index (χ0n) is 20.6. The largest absolute Gasteiger partial charge is 0.302 e. The third kappa shape index (κ3) is 4.81. The molecule has 0 fully saturated rings. The molecular weight excluding hydrogens is 505 g/mol. The van der Waals surface area contributed by atoms with Crippen molar-refractivity contribution in [3.8, 4) is 6.07 Å². The van der Waals surface area contributed by atoms with Crippen LogP contribution in [0.3, 0.4) is 0 Å². The number of aryl methyl sites for hydroxylation is 1. The second-order valence-electron chi connectivity index (χ2n) is 8.95. The van der Waals surface area contributed by atoms with E-state index in [-0.39, 0.29) is 30.4 Å². The van der Waals surface area contributed by atoms with E-state index in [9.17, 15) is 17.6 Å². The van der Waals surface area contributed by atoms with Crippen LogP contribution in [0.15, 0.2) is 83.8 Å². The maximum Gasteiger partial charge on any atom is 0.258 e. The van der Waals surface area contributed by atoms with Gasteiger partial charge in [0.15, 0.2) is 0 Å². The predicted octanol–water partition coefficient (Wildman–Crippen LogP) is 4.02. The summed E-state index contributed by atoms with van der Waals surface area (Å²) in [6.45, 7) is 0.494. The predicted molar refractivity (Wildman–Crippen MR) is 139 cm³/mol. The first-order valence-corrected chi connectivity index (χ1v) is 13.4. The van der Waals surface area contributed by atoms with Gasteiger partial charge in [-0.2, -0.15) is 14.7 Å². The molecular formula is C28H24FN5O3S. The molecule has 0 saturated heterocycles. The third-order valence-electron chi connectivity index (χ3n) is 6.62. The van der Waals surface area contributed by atoms with Gasteiger partial charge in [-0.1, -0.05) is 18.2 Å². The van der Waals surface area contributed by atoms with Crippen LogP contribution in [0.25, 0.3) is 0 Å². The smallest absolute Gasteiger partial charge is 0.258 e. The second-order valence-corrected chi connectivity index (χ2v) is 10.9. The lowest BCUT2D eigenvalue weighted by atomic mass is 10.1. The number of sulfonamides is 1. The molecule has 0 spiro atoms. The Bertz CT molecular complexity index is 1630. The van der Waals surface area contributed by atoms with Crippen LogP contribution < -0.4 is 4.90 Å². The standard InChI is InChI=1S/C28H24FN5O3S/c1-32-27-15-16-33(38(36,37)24-13-7-20(17-30)8-14-24)18-25(27)26(31-32)19-34(23-5-3-2-4-6-23)28(35)21-9-11-22(29)12-10-21/h2-14H,15-16,18-19H2,1H3. The highest BCUT2D eigenvalue weighted by atomic mass is 32.2. The van der Waals surface area contributed by atoms with Gasteiger partial charge in [-0.05, 0) is 60.7 Å². The number of anilines is 1. The number of hydrogen-bond donors (Lipinski definition) is 0. The molecule has 0 aliphatic carbocycles. The molecule has 5 rings (SSSR count). The molecule has 0 saturated carbocycles. The number of fused-ring (bicyclic) bond motifs is 1. The van der Waals surface area contributed by atoms with Gasteiger partial charge >= 0.3 is 0 Å². The van der Waals surface area contributed by atoms with E-state index in [4.69, 9.17) is 5.26 Å². The molecule has 0 radical (unpaired) electrons. The minimum absolute atomic E-state index is 0.105. The van der Waals surface area contributed by atoms with Crippen LogP contribution in [0.2, 0.25) is 0 Å². The van der Waals surface area contributed by atoms with Gasteiger partial charge in [-0.25, -0.2) is 12.8 Å². The number of para-hydroxylation sites is 1. The maximum absolute atomic E-state index is 13.5. The van der Waals surface area contributed by atoms with Crippen molar-refractivity contribution in [3.63, 3.8) is 0 Å². The first kappa shape index (κ1) is 25.3. The highest BCUT2D eigenvalue weighted by molar-refractivity contribution is 7.89. The average molecular weight is 530 g/mol. The minimum Gasteiger partial charge on any atom is -0.302 e. The summed E-state index contributed by atoms with van der Waals surface area (Å²) in [4.78, 5) is 15.2. The molecule has 4 aromatic rings. The number of halogens is 1. The lowest BCUT2D eigenvalue weighted by molar-refractivity contribution is 0.0984. The molecule has 1 aromatic heterocycles. The van der Waals surface area contributed by atoms with Crippen molar-refractivity contribution in [3.05, 3.63) is 113 Å². The first-order valence-electron chi connectivity index (χ1n) is 11.9. The number of nitriles is 1. The van der Waals surface area contributed by atoms with Crippen molar-refractivity contribution >= 4 is 21.6 Å². The zero-order valence-corrected chi connectivity index (χ0v) is 21.4. The number of amides is 1. The number of nitrogens with zero attached hydrogens (tertiary/aromatic N) is 5. The second kappa shape index (κ2) is 10.2. The fourth-order valence-electron chi connectivity index (χ4n) is 4.61. The van der Waals surface area contributed by atoms with Gasteiger partial charge in [0, 0.05) is 49.1 Å². The van der Waals surface area contributed by atoms with Crippen molar-refractivity contribution in [2.45, 2.75) is 24.4 Å². The summed E-state index contributed by atoms with van der Waals surface area (Å²) in [5.41, 5.74) is 3.59. The highest BCUT2D eigenvalue weighted by Gasteiger charge is 2.33. The number of hydrogen-bond acceptors (Lipinski definition) is 5. The Balaban J connectivity index is 1.48. The molecule has 192 valence electrons. The fourth-order valence-corrected chi connectivity index (χ4v) is 6.02. The quantitative estimate of drug-likeness (QED) is 0.376. The zero-order chi connectivity index (χ0) is 26.9. The Kier molecular flexibility index (Phi) is 6.80. The Labute approximate surface area is 220 Å². The van der Waals surface area contributed by atoms with E-state index in [1.165, 1.54) is 52.8 Å². The van der Waals surface area contributed by atoms with Gasteiger partial charge < -0.3 is 4.90 Å². The van der Waals surface area contributed by atoms with Crippen molar-refractivity contribution in [2.24, 2.45) is 7.05 Å². The van der Waals surface area contributed by atoms with E-state index in [1.54, 1.807) is 21.7 Å². The van der Waals surface area contributed by atoms with Crippen LogP contribution in [0.1, 0.15) is 32.9 Å². The molecule has 2 heterocycles. The molecule has 8 nitrogen and oxygen atoms in total. The molecule has 38 heavy (non-hydrogen) atoms. The first-order chi connectivity index (χ1) is 18.3. The van der Waals surface area contributed by atoms with Crippen molar-refractivity contribution in [2.75, 3.05) is 11.4 Å². The van der Waals surface area contributed by atoms with Gasteiger partial charge in [-0.3, -0.25) is 9.48 Å². The normalized spacial score (nSPS) is 13.5. The van der Waals surface area contributed by atoms with E-state index in [0.29, 0.717) is 28.9 Å². The maximum atomic E-state index is 13.5. The van der Waals surface area contributed by atoms with Crippen LogP contribution in [-0.2, 0) is 36.6 Å². The third-order valence-corrected chi connectivity index (χ3v) is 8.48. The van der Waals surface area contributed by atoms with E-state index in [1.807, 2.05) is 31.3 Å². The molecule has 0 N–H and O–H groups in total. The molecule has 1 amide bonds. The summed E-state index contributed by atoms with van der Waals surface area (Å²) >= 11 is 0. The monoisotopic (exact) mass is 529 g/mol. The van der Waals surface area contributed by atoms with Crippen LogP contribution in [0.5, 0.6) is 0 Å². The molecule has 0 unspecified atom stereocenters. The number of carbonyl (C=O) groups is 1. The summed E-state index contributed by atoms with van der Waals surface area (Å²) in [6.07, 6.45) is 0.464. The van der Waals surface area contributed by atoms with Gasteiger partial charge in [0.05, 0.1) is 28.8 Å². The molecule has 0 atom stereocenters. The highest BCUT2D eigenvalue weighted by Crippen LogP contribution is 2.29. The van der Waals surface area contributed by atoms with Crippen LogP contribution in [0.4, 0.5) is 10.1 Å². The number of benzene rings is 3. The SMILES string of the molecule is Cn1nc(CN(C(=O)c2ccc(F)cc2)c2ccccc2)c2c1CCN(S(=O)(=O)c1ccc(C#N)cc1)C2. The van der Waals surface area contributed by atoms with Crippen molar-refractivity contribution in [1.82, 2.24) is 14.1 Å². The molecule has 3 aromatic carbocycles. The van der Waals surface area contributed by atoms with Crippen molar-refractivity contribution in [1.29, 1.82) is 5.26 Å². The van der Waals surface area contributed by atoms with Crippen molar-refractivity contribution < 1.29 is 17.6 Å². The number of carbonyl (C=O) groups excluding carboxylic acids is 1. The fraction of sp³-hybridized carbons (Fsp3) is 0.179. The van der Waals surface area contributed by atoms with E-state index < -0.39 is 15.8 Å². The van der Waals surface area contributed by atoms with Gasteiger partial charge in [0.1, 0.15) is 5.82 Å². The van der Waals surface area contributed by atoms with Gasteiger partial charge in [0.2, 0.25) is 10.0 Å². The Hall–Kier alpha value is -4.33. The summed E-state index contributed by atoms with van der Waals surface area (Å²) in [7, 11) is -2.00. The molecule has 0 bridgehead atoms. The average Bonchev–Trinajstić information content (AvgIpc) is 3.26. The van der Waals surface area contributed by atoms with Gasteiger partial charge in [-0.15, -0.1) is 0 Å². The van der Waals surface area contributed by atoms with E-state index in [0.717, 1.165) is 11.3 Å². The minimum atomic E-state index is -3.81. The van der Waals surface area contributed by atoms with Crippen LogP contribution in [0, 0.1) is 17.1 Å². The molecule has 1 aliphatic rings. The number of aromatic nitrogens is 2. The van der Waals surface area contributed by atoms with Gasteiger partial charge in [0.25, 0.3) is 5.91 Å². The molecule has 10 heteroatoms. The summed E-state index contributed by atoms with van der Waals surface area (Å²) in [5.74, 6) is -0.761. The Morgan fingerprint density at radius 1 is 1.05 bits per heavy atom. The lowest BCUT2D eigenvalue weighted by Crippen LogP contribution is -2.37. The topological polar surface area (TPSA) is 99.3 Å². The van der Waals surface area contributed by atoms with Crippen LogP contribution in [-0.4, -0.2) is 35.0 Å². The van der Waals surface area contributed by atoms with E-state index in [2.05, 4.69) is 5.10 Å². The molecule has 1 aliphatic heterocycles.